The molecular weight excluding hydrogens is 1230 g/mol. The van der Waals surface area contributed by atoms with Crippen molar-refractivity contribution in [3.63, 3.8) is 0 Å². The van der Waals surface area contributed by atoms with Gasteiger partial charge in [-0.2, -0.15) is 0 Å². The van der Waals surface area contributed by atoms with Gasteiger partial charge in [0, 0.05) is 0 Å². The van der Waals surface area contributed by atoms with Crippen molar-refractivity contribution in [2.24, 2.45) is 0 Å². The van der Waals surface area contributed by atoms with Gasteiger partial charge >= 0.3 is 0 Å². The molecule has 0 unspecified atom stereocenters. The van der Waals surface area contributed by atoms with Crippen molar-refractivity contribution >= 4 is 64.6 Å². The summed E-state index contributed by atoms with van der Waals surface area (Å²) in [6.07, 6.45) is 0. The van der Waals surface area contributed by atoms with Gasteiger partial charge in [0.05, 0.1) is 0 Å². The van der Waals surface area contributed by atoms with Gasteiger partial charge in [-0.15, -0.1) is 0 Å². The Morgan fingerprint density at radius 1 is 0.0784 bits per heavy atom. The first-order chi connectivity index (χ1) is 50.6. The van der Waals surface area contributed by atoms with Gasteiger partial charge in [0.25, 0.3) is 0 Å². The van der Waals surface area contributed by atoms with Crippen LogP contribution in [-0.4, -0.2) is 0 Å². The molecule has 0 saturated carbocycles. The normalized spacial score (nSPS) is 11.5. The van der Waals surface area contributed by atoms with E-state index < -0.39 is 0 Å². The average Bonchev–Trinajstić information content (AvgIpc) is 0.748. The zero-order valence-corrected chi connectivity index (χ0v) is 56.1. The molecule has 0 heteroatoms. The fourth-order valence-corrected chi connectivity index (χ4v) is 16.4. The number of fused-ring (bicyclic) bond motifs is 6. The lowest BCUT2D eigenvalue weighted by Crippen LogP contribution is -1.91. The van der Waals surface area contributed by atoms with Gasteiger partial charge in [-0.25, -0.2) is 0 Å². The highest BCUT2D eigenvalue weighted by molar-refractivity contribution is 6.24. The summed E-state index contributed by atoms with van der Waals surface area (Å²) in [6.45, 7) is 0. The molecule has 0 nitrogen and oxygen atoms in total. The number of hydrogen-bond donors (Lipinski definition) is 0. The van der Waals surface area contributed by atoms with Crippen LogP contribution in [0.25, 0.3) is 198 Å². The van der Waals surface area contributed by atoms with Gasteiger partial charge < -0.3 is 0 Å². The molecule has 0 aromatic heterocycles. The topological polar surface area (TPSA) is 0 Å². The average molecular weight is 1290 g/mol. The highest BCUT2D eigenvalue weighted by Gasteiger charge is 2.22. The second-order valence-electron chi connectivity index (χ2n) is 26.9. The van der Waals surface area contributed by atoms with E-state index in [9.17, 15) is 0 Å². The van der Waals surface area contributed by atoms with Crippen LogP contribution in [0.2, 0.25) is 0 Å². The smallest absolute Gasteiger partial charge is 0.00262 e. The molecule has 0 aliphatic carbocycles. The van der Waals surface area contributed by atoms with Crippen LogP contribution in [0.3, 0.4) is 0 Å². The fourth-order valence-electron chi connectivity index (χ4n) is 16.4. The van der Waals surface area contributed by atoms with Crippen LogP contribution in [0.4, 0.5) is 0 Å². The largest absolute Gasteiger partial charge is 0.0622 e. The van der Waals surface area contributed by atoms with Crippen LogP contribution in [0.5, 0.6) is 0 Å². The summed E-state index contributed by atoms with van der Waals surface area (Å²) < 4.78 is 0. The van der Waals surface area contributed by atoms with Crippen LogP contribution in [-0.2, 0) is 0 Å². The Bertz CT molecular complexity index is 5670. The molecule has 19 aromatic carbocycles. The third kappa shape index (κ3) is 10.6. The lowest BCUT2D eigenvalue weighted by molar-refractivity contribution is 1.54. The van der Waals surface area contributed by atoms with Gasteiger partial charge in [0.2, 0.25) is 0 Å². The SMILES string of the molecule is c1ccc(-c2c3ccccc3c(-c3cccc(-c4cccc(-c5cc(-c6cccc(-c7cccc(-c8c9ccccc9c(-c9ccccc9)c9ccccc89)c7)c6)cc(-c6cccc(-c7cccc(-c8c9ccccc9c(-c9ccccc9)c9ccccc89)c7)c6)c5)c4)c3)c3ccccc23)cc1. The summed E-state index contributed by atoms with van der Waals surface area (Å²) in [5.74, 6) is 0. The van der Waals surface area contributed by atoms with E-state index in [2.05, 4.69) is 400 Å². The second-order valence-corrected chi connectivity index (χ2v) is 26.9. The van der Waals surface area contributed by atoms with Gasteiger partial charge in [-0.3, -0.25) is 0 Å². The molecule has 0 spiro atoms. The van der Waals surface area contributed by atoms with E-state index in [-0.39, 0.29) is 0 Å². The van der Waals surface area contributed by atoms with Crippen LogP contribution < -0.4 is 0 Å². The van der Waals surface area contributed by atoms with E-state index in [0.717, 1.165) is 66.8 Å². The monoisotopic (exact) mass is 1290 g/mol. The van der Waals surface area contributed by atoms with E-state index in [4.69, 9.17) is 0 Å². The van der Waals surface area contributed by atoms with E-state index in [0.29, 0.717) is 0 Å². The maximum atomic E-state index is 2.40. The molecule has 0 radical (unpaired) electrons. The zero-order valence-electron chi connectivity index (χ0n) is 56.1. The molecule has 0 fully saturated rings. The molecule has 0 aliphatic heterocycles. The molecule has 474 valence electrons. The predicted octanol–water partition coefficient (Wildman–Crippen LogP) is 28.6. The first kappa shape index (κ1) is 60.0. The molecule has 19 rings (SSSR count). The molecule has 0 atom stereocenters. The third-order valence-electron chi connectivity index (χ3n) is 21.0. The van der Waals surface area contributed by atoms with E-state index in [1.807, 2.05) is 0 Å². The summed E-state index contributed by atoms with van der Waals surface area (Å²) in [4.78, 5) is 0. The minimum Gasteiger partial charge on any atom is -0.0622 e. The summed E-state index contributed by atoms with van der Waals surface area (Å²) in [5, 5.41) is 14.9. The molecule has 0 bridgehead atoms. The Labute approximate surface area is 594 Å². The van der Waals surface area contributed by atoms with Crippen molar-refractivity contribution in [1.82, 2.24) is 0 Å². The fraction of sp³-hybridized carbons (Fsp3) is 0. The summed E-state index contributed by atoms with van der Waals surface area (Å²) >= 11 is 0. The maximum absolute atomic E-state index is 2.40. The molecule has 19 aromatic rings. The Morgan fingerprint density at radius 3 is 0.382 bits per heavy atom. The third-order valence-corrected chi connectivity index (χ3v) is 21.0. The first-order valence-electron chi connectivity index (χ1n) is 35.4. The van der Waals surface area contributed by atoms with E-state index in [1.165, 1.54) is 131 Å². The molecule has 0 amide bonds. The lowest BCUT2D eigenvalue weighted by Gasteiger charge is -2.18. The van der Waals surface area contributed by atoms with Crippen LogP contribution in [0, 0.1) is 0 Å². The maximum Gasteiger partial charge on any atom is -0.00262 e. The molecule has 0 saturated heterocycles. The van der Waals surface area contributed by atoms with Gasteiger partial charge in [-0.1, -0.05) is 346 Å². The minimum absolute atomic E-state index is 1.14. The molecule has 0 aliphatic rings. The second kappa shape index (κ2) is 25.5. The Kier molecular flexibility index (Phi) is 15.0. The van der Waals surface area contributed by atoms with E-state index >= 15 is 0 Å². The highest BCUT2D eigenvalue weighted by Crippen LogP contribution is 2.49. The molecule has 0 heterocycles. The standard InChI is InChI=1S/C102H66/c1-4-28-67(29-5-1)97-85-46-10-16-52-91(85)100(92-53-17-11-47-86(92)97)79-43-25-37-73(61-79)70-34-22-40-76(58-70)82-64-83(77-41-23-35-71(59-77)74-38-26-44-80(62-74)101-93-54-18-12-48-87(93)98(68-30-6-2-7-31-68)88-49-13-19-55-94(88)101)66-84(65-82)78-42-24-36-72(60-78)75-39-27-45-81(63-75)102-95-56-20-14-50-89(95)99(69-32-8-3-9-33-69)90-51-15-21-57-96(90)102/h1-66H. The molecule has 102 heavy (non-hydrogen) atoms. The first-order valence-corrected chi connectivity index (χ1v) is 35.4. The molecule has 0 N–H and O–H groups in total. The van der Waals surface area contributed by atoms with Crippen molar-refractivity contribution in [2.45, 2.75) is 0 Å². The highest BCUT2D eigenvalue weighted by atomic mass is 14.3. The van der Waals surface area contributed by atoms with E-state index in [1.54, 1.807) is 0 Å². The van der Waals surface area contributed by atoms with Crippen molar-refractivity contribution in [3.8, 4) is 134 Å². The van der Waals surface area contributed by atoms with Crippen molar-refractivity contribution < 1.29 is 0 Å². The summed E-state index contributed by atoms with van der Waals surface area (Å²) in [7, 11) is 0. The molecular formula is C102H66. The van der Waals surface area contributed by atoms with Crippen LogP contribution in [0.1, 0.15) is 0 Å². The van der Waals surface area contributed by atoms with Crippen molar-refractivity contribution in [2.75, 3.05) is 0 Å². The Balaban J connectivity index is 0.741. The lowest BCUT2D eigenvalue weighted by atomic mass is 9.85. The number of hydrogen-bond acceptors (Lipinski definition) is 0. The summed E-state index contributed by atoms with van der Waals surface area (Å²) in [5.41, 5.74) is 28.6. The van der Waals surface area contributed by atoms with Gasteiger partial charge in [-0.05, 0) is 253 Å². The minimum atomic E-state index is 1.14. The van der Waals surface area contributed by atoms with Gasteiger partial charge in [0.15, 0.2) is 0 Å². The van der Waals surface area contributed by atoms with Crippen LogP contribution >= 0.6 is 0 Å². The Hall–Kier alpha value is -13.3. The quantitative estimate of drug-likeness (QED) is 0.107. The predicted molar refractivity (Wildman–Crippen MR) is 437 cm³/mol. The number of benzene rings is 19. The Morgan fingerprint density at radius 2 is 0.196 bits per heavy atom. The van der Waals surface area contributed by atoms with Crippen molar-refractivity contribution in [1.29, 1.82) is 0 Å². The number of rotatable bonds is 12. The van der Waals surface area contributed by atoms with Crippen LogP contribution in [0.15, 0.2) is 400 Å². The zero-order chi connectivity index (χ0) is 67.5. The summed E-state index contributed by atoms with van der Waals surface area (Å²) in [6, 6.07) is 148. The van der Waals surface area contributed by atoms with Gasteiger partial charge in [0.1, 0.15) is 0 Å². The van der Waals surface area contributed by atoms with Crippen molar-refractivity contribution in [3.05, 3.63) is 400 Å².